The topological polar surface area (TPSA) is 110 Å². The molecule has 1 aromatic carbocycles. The van der Waals surface area contributed by atoms with E-state index in [-0.39, 0.29) is 17.6 Å². The average molecular weight is 368 g/mol. The summed E-state index contributed by atoms with van der Waals surface area (Å²) in [5.74, 6) is 0.168. The van der Waals surface area contributed by atoms with E-state index in [2.05, 4.69) is 20.8 Å². The molecule has 2 N–H and O–H groups in total. The molecule has 0 radical (unpaired) electrons. The maximum Gasteiger partial charge on any atom is 0.287 e. The zero-order valence-corrected chi connectivity index (χ0v) is 15.2. The Bertz CT molecular complexity index is 931. The number of aryl methyl sites for hydroxylation is 1. The molecule has 0 fully saturated rings. The van der Waals surface area contributed by atoms with Crippen LogP contribution >= 0.6 is 0 Å². The van der Waals surface area contributed by atoms with Crippen LogP contribution < -0.4 is 10.6 Å². The van der Waals surface area contributed by atoms with Crippen LogP contribution in [0.3, 0.4) is 0 Å². The van der Waals surface area contributed by atoms with Crippen molar-refractivity contribution in [1.82, 2.24) is 15.5 Å². The molecule has 1 unspecified atom stereocenters. The Hall–Kier alpha value is -3.42. The van der Waals surface area contributed by atoms with Gasteiger partial charge in [-0.15, -0.1) is 0 Å². The van der Waals surface area contributed by atoms with Gasteiger partial charge in [0.05, 0.1) is 6.26 Å². The minimum Gasteiger partial charge on any atom is -0.459 e. The molecule has 3 aromatic rings. The van der Waals surface area contributed by atoms with Crippen molar-refractivity contribution in [2.45, 2.75) is 26.8 Å². The standard InChI is InChI=1S/C19H20N4O4/c1-11(2)16(22-18(24)15-8-5-9-26-15)19(25)21-14-7-4-6-13(10-14)17-20-12(3)27-23-17/h4-11,16H,1-3H3,(H,21,25)(H,22,24). The van der Waals surface area contributed by atoms with Crippen LogP contribution in [0.15, 0.2) is 51.6 Å². The van der Waals surface area contributed by atoms with Gasteiger partial charge >= 0.3 is 0 Å². The van der Waals surface area contributed by atoms with E-state index in [4.69, 9.17) is 8.94 Å². The number of furan rings is 1. The molecule has 2 heterocycles. The number of nitrogens with zero attached hydrogens (tertiary/aromatic N) is 2. The lowest BCUT2D eigenvalue weighted by Crippen LogP contribution is -2.47. The summed E-state index contributed by atoms with van der Waals surface area (Å²) in [4.78, 5) is 29.1. The summed E-state index contributed by atoms with van der Waals surface area (Å²) >= 11 is 0. The van der Waals surface area contributed by atoms with Crippen LogP contribution in [0.5, 0.6) is 0 Å². The van der Waals surface area contributed by atoms with Gasteiger partial charge in [-0.3, -0.25) is 9.59 Å². The molecule has 2 aromatic heterocycles. The summed E-state index contributed by atoms with van der Waals surface area (Å²) in [5, 5.41) is 9.40. The smallest absolute Gasteiger partial charge is 0.287 e. The Kier molecular flexibility index (Phi) is 5.35. The molecule has 27 heavy (non-hydrogen) atoms. The van der Waals surface area contributed by atoms with Crippen LogP contribution in [-0.2, 0) is 4.79 Å². The monoisotopic (exact) mass is 368 g/mol. The van der Waals surface area contributed by atoms with E-state index in [0.29, 0.717) is 23.0 Å². The van der Waals surface area contributed by atoms with E-state index < -0.39 is 11.9 Å². The molecule has 3 rings (SSSR count). The predicted octanol–water partition coefficient (Wildman–Crippen LogP) is 3.03. The van der Waals surface area contributed by atoms with E-state index in [1.807, 2.05) is 19.9 Å². The van der Waals surface area contributed by atoms with Gasteiger partial charge in [-0.25, -0.2) is 0 Å². The Morgan fingerprint density at radius 3 is 2.59 bits per heavy atom. The van der Waals surface area contributed by atoms with Crippen LogP contribution in [-0.4, -0.2) is 28.0 Å². The van der Waals surface area contributed by atoms with Gasteiger partial charge in [0.15, 0.2) is 5.76 Å². The summed E-state index contributed by atoms with van der Waals surface area (Å²) in [6.07, 6.45) is 1.41. The van der Waals surface area contributed by atoms with Crippen LogP contribution in [0, 0.1) is 12.8 Å². The number of nitrogens with one attached hydrogen (secondary N) is 2. The molecule has 0 aliphatic rings. The van der Waals surface area contributed by atoms with Crippen molar-refractivity contribution in [3.63, 3.8) is 0 Å². The highest BCUT2D eigenvalue weighted by Crippen LogP contribution is 2.20. The molecule has 0 saturated carbocycles. The highest BCUT2D eigenvalue weighted by molar-refractivity contribution is 6.00. The molecule has 8 heteroatoms. The largest absolute Gasteiger partial charge is 0.459 e. The van der Waals surface area contributed by atoms with E-state index in [1.54, 1.807) is 37.3 Å². The fourth-order valence-electron chi connectivity index (χ4n) is 2.53. The molecule has 0 spiro atoms. The van der Waals surface area contributed by atoms with Crippen LogP contribution in [0.25, 0.3) is 11.4 Å². The molecule has 0 aliphatic carbocycles. The van der Waals surface area contributed by atoms with Gasteiger partial charge < -0.3 is 19.6 Å². The Labute approximate surface area is 156 Å². The number of benzene rings is 1. The van der Waals surface area contributed by atoms with Gasteiger partial charge in [0.25, 0.3) is 5.91 Å². The fourth-order valence-corrected chi connectivity index (χ4v) is 2.53. The van der Waals surface area contributed by atoms with E-state index in [1.165, 1.54) is 6.26 Å². The molecular formula is C19H20N4O4. The first-order chi connectivity index (χ1) is 12.9. The number of hydrogen-bond acceptors (Lipinski definition) is 6. The van der Waals surface area contributed by atoms with Crippen molar-refractivity contribution >= 4 is 17.5 Å². The van der Waals surface area contributed by atoms with Crippen LogP contribution in [0.2, 0.25) is 0 Å². The van der Waals surface area contributed by atoms with Crippen molar-refractivity contribution in [2.24, 2.45) is 5.92 Å². The van der Waals surface area contributed by atoms with Crippen LogP contribution in [0.4, 0.5) is 5.69 Å². The lowest BCUT2D eigenvalue weighted by atomic mass is 10.0. The lowest BCUT2D eigenvalue weighted by molar-refractivity contribution is -0.118. The fraction of sp³-hybridized carbons (Fsp3) is 0.263. The summed E-state index contributed by atoms with van der Waals surface area (Å²) in [6, 6.07) is 9.53. The second-order valence-electron chi connectivity index (χ2n) is 6.38. The third-order valence-electron chi connectivity index (χ3n) is 3.90. The van der Waals surface area contributed by atoms with Crippen molar-refractivity contribution in [3.8, 4) is 11.4 Å². The van der Waals surface area contributed by atoms with E-state index >= 15 is 0 Å². The first-order valence-corrected chi connectivity index (χ1v) is 8.50. The van der Waals surface area contributed by atoms with Gasteiger partial charge in [-0.1, -0.05) is 31.1 Å². The highest BCUT2D eigenvalue weighted by atomic mass is 16.5. The summed E-state index contributed by atoms with van der Waals surface area (Å²) in [7, 11) is 0. The SMILES string of the molecule is Cc1nc(-c2cccc(NC(=O)C(NC(=O)c3ccco3)C(C)C)c2)no1. The second kappa shape index (κ2) is 7.86. The second-order valence-corrected chi connectivity index (χ2v) is 6.38. The molecule has 2 amide bonds. The summed E-state index contributed by atoms with van der Waals surface area (Å²) in [6.45, 7) is 5.41. The van der Waals surface area contributed by atoms with Gasteiger partial charge in [0.1, 0.15) is 6.04 Å². The third kappa shape index (κ3) is 4.41. The number of hydrogen-bond donors (Lipinski definition) is 2. The maximum atomic E-state index is 12.7. The van der Waals surface area contributed by atoms with E-state index in [9.17, 15) is 9.59 Å². The van der Waals surface area contributed by atoms with Crippen molar-refractivity contribution in [1.29, 1.82) is 0 Å². The average Bonchev–Trinajstić information content (AvgIpc) is 3.31. The van der Waals surface area contributed by atoms with Crippen molar-refractivity contribution in [2.75, 3.05) is 5.32 Å². The first kappa shape index (κ1) is 18.4. The zero-order valence-electron chi connectivity index (χ0n) is 15.2. The number of carbonyl (C=O) groups is 2. The minimum absolute atomic E-state index is 0.119. The first-order valence-electron chi connectivity index (χ1n) is 8.50. The van der Waals surface area contributed by atoms with E-state index in [0.717, 1.165) is 0 Å². The number of rotatable bonds is 6. The molecule has 0 aliphatic heterocycles. The third-order valence-corrected chi connectivity index (χ3v) is 3.90. The summed E-state index contributed by atoms with van der Waals surface area (Å²) in [5.41, 5.74) is 1.28. The number of aromatic nitrogens is 2. The molecule has 0 saturated heterocycles. The van der Waals surface area contributed by atoms with Crippen molar-refractivity contribution in [3.05, 3.63) is 54.3 Å². The quantitative estimate of drug-likeness (QED) is 0.692. The molecule has 8 nitrogen and oxygen atoms in total. The van der Waals surface area contributed by atoms with Gasteiger partial charge in [0.2, 0.25) is 17.6 Å². The number of anilines is 1. The lowest BCUT2D eigenvalue weighted by Gasteiger charge is -2.21. The van der Waals surface area contributed by atoms with Crippen molar-refractivity contribution < 1.29 is 18.5 Å². The highest BCUT2D eigenvalue weighted by Gasteiger charge is 2.25. The predicted molar refractivity (Wildman–Crippen MR) is 97.9 cm³/mol. The summed E-state index contributed by atoms with van der Waals surface area (Å²) < 4.78 is 10.1. The molecule has 1 atom stereocenters. The Morgan fingerprint density at radius 1 is 1.15 bits per heavy atom. The molecule has 0 bridgehead atoms. The molecular weight excluding hydrogens is 348 g/mol. The Morgan fingerprint density at radius 2 is 1.96 bits per heavy atom. The zero-order chi connectivity index (χ0) is 19.4. The Balaban J connectivity index is 1.73. The van der Waals surface area contributed by atoms with Gasteiger partial charge in [-0.05, 0) is 30.2 Å². The maximum absolute atomic E-state index is 12.7. The number of amides is 2. The van der Waals surface area contributed by atoms with Crippen LogP contribution in [0.1, 0.15) is 30.3 Å². The van der Waals surface area contributed by atoms with Gasteiger partial charge in [0, 0.05) is 18.2 Å². The molecule has 140 valence electrons. The minimum atomic E-state index is -0.723. The van der Waals surface area contributed by atoms with Gasteiger partial charge in [-0.2, -0.15) is 4.98 Å². The number of carbonyl (C=O) groups excluding carboxylic acids is 2. The normalized spacial score (nSPS) is 12.0.